The molecule has 1 N–H and O–H groups in total. The molecule has 16 heavy (non-hydrogen) atoms. The SMILES string of the molecule is C#CCNC(=O)CN1CCC(C(C)C)CC1. The van der Waals surface area contributed by atoms with Crippen LogP contribution in [0.2, 0.25) is 0 Å². The summed E-state index contributed by atoms with van der Waals surface area (Å²) in [7, 11) is 0. The lowest BCUT2D eigenvalue weighted by molar-refractivity contribution is -0.122. The highest BCUT2D eigenvalue weighted by Gasteiger charge is 2.22. The number of hydrogen-bond acceptors (Lipinski definition) is 2. The van der Waals surface area contributed by atoms with Gasteiger partial charge in [0.1, 0.15) is 0 Å². The second kappa shape index (κ2) is 6.55. The van der Waals surface area contributed by atoms with E-state index in [2.05, 4.69) is 30.0 Å². The van der Waals surface area contributed by atoms with E-state index in [-0.39, 0.29) is 5.91 Å². The van der Waals surface area contributed by atoms with Gasteiger partial charge in [-0.2, -0.15) is 0 Å². The molecule has 1 aliphatic heterocycles. The molecule has 3 nitrogen and oxygen atoms in total. The molecule has 1 heterocycles. The number of nitrogens with zero attached hydrogens (tertiary/aromatic N) is 1. The molecule has 0 aromatic rings. The van der Waals surface area contributed by atoms with Crippen LogP contribution in [0.15, 0.2) is 0 Å². The largest absolute Gasteiger partial charge is 0.344 e. The third-order valence-corrected chi connectivity index (χ3v) is 3.33. The van der Waals surface area contributed by atoms with Crippen LogP contribution >= 0.6 is 0 Å². The maximum Gasteiger partial charge on any atom is 0.234 e. The minimum Gasteiger partial charge on any atom is -0.344 e. The molecule has 1 saturated heterocycles. The van der Waals surface area contributed by atoms with Crippen LogP contribution < -0.4 is 5.32 Å². The number of terminal acetylenes is 1. The molecule has 0 bridgehead atoms. The zero-order valence-corrected chi connectivity index (χ0v) is 10.3. The fourth-order valence-electron chi connectivity index (χ4n) is 2.19. The fourth-order valence-corrected chi connectivity index (χ4v) is 2.19. The Hall–Kier alpha value is -1.01. The van der Waals surface area contributed by atoms with Crippen molar-refractivity contribution in [1.29, 1.82) is 0 Å². The predicted octanol–water partition coefficient (Wildman–Crippen LogP) is 1.10. The number of rotatable bonds is 4. The molecule has 0 aromatic carbocycles. The van der Waals surface area contributed by atoms with Crippen LogP contribution in [0.3, 0.4) is 0 Å². The summed E-state index contributed by atoms with van der Waals surface area (Å²) >= 11 is 0. The summed E-state index contributed by atoms with van der Waals surface area (Å²) in [5, 5.41) is 2.70. The fraction of sp³-hybridized carbons (Fsp3) is 0.769. The number of amides is 1. The van der Waals surface area contributed by atoms with Crippen molar-refractivity contribution in [3.05, 3.63) is 0 Å². The zero-order chi connectivity index (χ0) is 12.0. The maximum atomic E-state index is 11.4. The standard InChI is InChI=1S/C13H22N2O/c1-4-7-14-13(16)10-15-8-5-12(6-9-15)11(2)3/h1,11-12H,5-10H2,2-3H3,(H,14,16). The van der Waals surface area contributed by atoms with Crippen molar-refractivity contribution >= 4 is 5.91 Å². The van der Waals surface area contributed by atoms with Gasteiger partial charge in [-0.25, -0.2) is 0 Å². The van der Waals surface area contributed by atoms with Crippen molar-refractivity contribution in [2.45, 2.75) is 26.7 Å². The van der Waals surface area contributed by atoms with Gasteiger partial charge < -0.3 is 5.32 Å². The van der Waals surface area contributed by atoms with Gasteiger partial charge >= 0.3 is 0 Å². The van der Waals surface area contributed by atoms with E-state index in [4.69, 9.17) is 6.42 Å². The minimum absolute atomic E-state index is 0.0425. The van der Waals surface area contributed by atoms with Crippen LogP contribution in [-0.2, 0) is 4.79 Å². The second-order valence-electron chi connectivity index (χ2n) is 4.84. The molecule has 0 spiro atoms. The maximum absolute atomic E-state index is 11.4. The molecule has 0 aliphatic carbocycles. The second-order valence-corrected chi connectivity index (χ2v) is 4.84. The van der Waals surface area contributed by atoms with Gasteiger partial charge in [0.25, 0.3) is 0 Å². The molecule has 0 aromatic heterocycles. The lowest BCUT2D eigenvalue weighted by Crippen LogP contribution is -2.42. The van der Waals surface area contributed by atoms with Crippen molar-refractivity contribution in [3.63, 3.8) is 0 Å². The molecule has 0 radical (unpaired) electrons. The number of likely N-dealkylation sites (tertiary alicyclic amines) is 1. The number of hydrogen-bond donors (Lipinski definition) is 1. The Morgan fingerprint density at radius 1 is 1.50 bits per heavy atom. The molecular weight excluding hydrogens is 200 g/mol. The van der Waals surface area contributed by atoms with Gasteiger partial charge in [0.2, 0.25) is 5.91 Å². The van der Waals surface area contributed by atoms with Gasteiger partial charge in [-0.3, -0.25) is 9.69 Å². The topological polar surface area (TPSA) is 32.3 Å². The first-order valence-corrected chi connectivity index (χ1v) is 6.06. The molecule has 1 amide bonds. The van der Waals surface area contributed by atoms with E-state index in [1.54, 1.807) is 0 Å². The third-order valence-electron chi connectivity index (χ3n) is 3.33. The van der Waals surface area contributed by atoms with Crippen molar-refractivity contribution in [1.82, 2.24) is 10.2 Å². The van der Waals surface area contributed by atoms with Crippen LogP contribution in [-0.4, -0.2) is 37.0 Å². The molecule has 1 fully saturated rings. The number of nitrogens with one attached hydrogen (secondary N) is 1. The van der Waals surface area contributed by atoms with E-state index >= 15 is 0 Å². The first kappa shape index (κ1) is 13.1. The van der Waals surface area contributed by atoms with E-state index < -0.39 is 0 Å². The lowest BCUT2D eigenvalue weighted by Gasteiger charge is -2.33. The van der Waals surface area contributed by atoms with Crippen LogP contribution in [0.5, 0.6) is 0 Å². The van der Waals surface area contributed by atoms with Crippen LogP contribution in [0, 0.1) is 24.2 Å². The summed E-state index contributed by atoms with van der Waals surface area (Å²) in [5.41, 5.74) is 0. The molecular formula is C13H22N2O. The minimum atomic E-state index is 0.0425. The first-order valence-electron chi connectivity index (χ1n) is 6.06. The van der Waals surface area contributed by atoms with Crippen molar-refractivity contribution in [2.75, 3.05) is 26.2 Å². The van der Waals surface area contributed by atoms with E-state index in [1.807, 2.05) is 0 Å². The molecule has 0 saturated carbocycles. The first-order chi connectivity index (χ1) is 7.63. The monoisotopic (exact) mass is 222 g/mol. The Bertz CT molecular complexity index is 260. The van der Waals surface area contributed by atoms with Gasteiger partial charge in [0.05, 0.1) is 13.1 Å². The summed E-state index contributed by atoms with van der Waals surface area (Å²) in [6, 6.07) is 0. The summed E-state index contributed by atoms with van der Waals surface area (Å²) < 4.78 is 0. The highest BCUT2D eigenvalue weighted by Crippen LogP contribution is 2.23. The molecule has 0 unspecified atom stereocenters. The van der Waals surface area contributed by atoms with E-state index in [0.29, 0.717) is 13.1 Å². The van der Waals surface area contributed by atoms with Gasteiger partial charge in [-0.15, -0.1) is 6.42 Å². The van der Waals surface area contributed by atoms with Crippen LogP contribution in [0.25, 0.3) is 0 Å². The van der Waals surface area contributed by atoms with Crippen molar-refractivity contribution in [3.8, 4) is 12.3 Å². The van der Waals surface area contributed by atoms with Gasteiger partial charge in [0, 0.05) is 0 Å². The molecule has 1 aliphatic rings. The summed E-state index contributed by atoms with van der Waals surface area (Å²) in [4.78, 5) is 13.7. The third kappa shape index (κ3) is 4.24. The summed E-state index contributed by atoms with van der Waals surface area (Å²) in [5.74, 6) is 4.04. The Balaban J connectivity index is 2.22. The molecule has 3 heteroatoms. The Morgan fingerprint density at radius 3 is 2.62 bits per heavy atom. The van der Waals surface area contributed by atoms with Gasteiger partial charge in [-0.05, 0) is 37.8 Å². The summed E-state index contributed by atoms with van der Waals surface area (Å²) in [6.45, 7) is 7.45. The number of carbonyl (C=O) groups excluding carboxylic acids is 1. The predicted molar refractivity (Wildman–Crippen MR) is 65.8 cm³/mol. The normalized spacial score (nSPS) is 18.4. The van der Waals surface area contributed by atoms with E-state index in [1.165, 1.54) is 12.8 Å². The zero-order valence-electron chi connectivity index (χ0n) is 10.3. The van der Waals surface area contributed by atoms with Crippen molar-refractivity contribution in [2.24, 2.45) is 11.8 Å². The Kier molecular flexibility index (Phi) is 5.34. The lowest BCUT2D eigenvalue weighted by atomic mass is 9.87. The quantitative estimate of drug-likeness (QED) is 0.723. The smallest absolute Gasteiger partial charge is 0.234 e. The highest BCUT2D eigenvalue weighted by molar-refractivity contribution is 5.78. The molecule has 1 rings (SSSR count). The highest BCUT2D eigenvalue weighted by atomic mass is 16.2. The Labute approximate surface area is 98.6 Å². The molecule has 90 valence electrons. The van der Waals surface area contributed by atoms with Crippen LogP contribution in [0.1, 0.15) is 26.7 Å². The molecule has 0 atom stereocenters. The summed E-state index contributed by atoms with van der Waals surface area (Å²) in [6.07, 6.45) is 7.50. The van der Waals surface area contributed by atoms with Crippen LogP contribution in [0.4, 0.5) is 0 Å². The number of carbonyl (C=O) groups is 1. The van der Waals surface area contributed by atoms with Gasteiger partial charge in [0.15, 0.2) is 0 Å². The Morgan fingerprint density at radius 2 is 2.12 bits per heavy atom. The van der Waals surface area contributed by atoms with Crippen molar-refractivity contribution < 1.29 is 4.79 Å². The van der Waals surface area contributed by atoms with Gasteiger partial charge in [-0.1, -0.05) is 19.8 Å². The average molecular weight is 222 g/mol. The van der Waals surface area contributed by atoms with E-state index in [9.17, 15) is 4.79 Å². The number of piperidine rings is 1. The average Bonchev–Trinajstić information content (AvgIpc) is 2.27. The van der Waals surface area contributed by atoms with E-state index in [0.717, 1.165) is 24.9 Å².